The van der Waals surface area contributed by atoms with E-state index >= 15 is 0 Å². The number of unbranched alkanes of at least 4 members (excludes halogenated alkanes) is 21. The van der Waals surface area contributed by atoms with E-state index in [0.29, 0.717) is 26.4 Å². The molecular weight excluding hydrogens is 727 g/mol. The van der Waals surface area contributed by atoms with E-state index in [-0.39, 0.29) is 42.6 Å². The lowest BCUT2D eigenvalue weighted by atomic mass is 9.94. The lowest BCUT2D eigenvalue weighted by Gasteiger charge is -2.20. The number of esters is 2. The highest BCUT2D eigenvalue weighted by atomic mass is 16.5. The first kappa shape index (κ1) is 54.8. The van der Waals surface area contributed by atoms with Gasteiger partial charge in [-0.25, -0.2) is 0 Å². The maximum Gasteiger partial charge on any atom is 0.308 e. The smallest absolute Gasteiger partial charge is 0.308 e. The Morgan fingerprint density at radius 3 is 1.16 bits per heavy atom. The van der Waals surface area contributed by atoms with Gasteiger partial charge in [0, 0.05) is 32.9 Å². The van der Waals surface area contributed by atoms with Crippen LogP contribution in [0.2, 0.25) is 0 Å². The molecule has 1 aliphatic heterocycles. The van der Waals surface area contributed by atoms with E-state index in [1.54, 1.807) is 0 Å². The molecule has 0 radical (unpaired) electrons. The van der Waals surface area contributed by atoms with E-state index in [2.05, 4.69) is 32.6 Å². The third-order valence-electron chi connectivity index (χ3n) is 12.2. The molecule has 344 valence electrons. The Bertz CT molecular complexity index is 837. The SMILES string of the molecule is CCCCCCCCC(CCCCCC)C(=O)OCCCCCO[C@H]1CN(CCCCO)C[C@H]1OCCCCCOC(=O)C(CCCCCC)CCCCCCCC. The van der Waals surface area contributed by atoms with Crippen molar-refractivity contribution in [1.82, 2.24) is 4.90 Å². The molecule has 0 aromatic heterocycles. The Morgan fingerprint density at radius 2 is 0.776 bits per heavy atom. The predicted molar refractivity (Wildman–Crippen MR) is 242 cm³/mol. The molecular formula is C50H97NO7. The van der Waals surface area contributed by atoms with Crippen LogP contribution in [-0.4, -0.2) is 86.8 Å². The van der Waals surface area contributed by atoms with Crippen LogP contribution < -0.4 is 0 Å². The molecule has 0 aliphatic carbocycles. The van der Waals surface area contributed by atoms with E-state index in [1.165, 1.54) is 103 Å². The van der Waals surface area contributed by atoms with Crippen molar-refractivity contribution in [2.24, 2.45) is 11.8 Å². The van der Waals surface area contributed by atoms with Gasteiger partial charge in [-0.05, 0) is 83.6 Å². The van der Waals surface area contributed by atoms with Crippen molar-refractivity contribution in [3.63, 3.8) is 0 Å². The first-order valence-electron chi connectivity index (χ1n) is 25.4. The summed E-state index contributed by atoms with van der Waals surface area (Å²) in [6.07, 6.45) is 36.0. The molecule has 0 amide bonds. The van der Waals surface area contributed by atoms with Gasteiger partial charge in [0.25, 0.3) is 0 Å². The number of hydrogen-bond acceptors (Lipinski definition) is 8. The first-order valence-corrected chi connectivity index (χ1v) is 25.4. The summed E-state index contributed by atoms with van der Waals surface area (Å²) < 4.78 is 24.5. The maximum absolute atomic E-state index is 13.0. The summed E-state index contributed by atoms with van der Waals surface area (Å²) in [6.45, 7) is 14.3. The Balaban J connectivity index is 2.39. The molecule has 1 rings (SSSR count). The number of aliphatic hydroxyl groups excluding tert-OH is 1. The molecule has 0 saturated carbocycles. The Morgan fingerprint density at radius 1 is 0.448 bits per heavy atom. The molecule has 0 aromatic rings. The number of ether oxygens (including phenoxy) is 4. The Labute approximate surface area is 359 Å². The molecule has 2 unspecified atom stereocenters. The molecule has 8 heteroatoms. The molecule has 58 heavy (non-hydrogen) atoms. The van der Waals surface area contributed by atoms with Gasteiger partial charge in [-0.3, -0.25) is 14.5 Å². The van der Waals surface area contributed by atoms with E-state index in [4.69, 9.17) is 18.9 Å². The molecule has 0 aromatic carbocycles. The van der Waals surface area contributed by atoms with Gasteiger partial charge in [-0.15, -0.1) is 0 Å². The van der Waals surface area contributed by atoms with Crippen molar-refractivity contribution in [3.8, 4) is 0 Å². The van der Waals surface area contributed by atoms with E-state index in [9.17, 15) is 14.7 Å². The summed E-state index contributed by atoms with van der Waals surface area (Å²) in [5, 5.41) is 9.29. The Hall–Kier alpha value is -1.22. The third-order valence-corrected chi connectivity index (χ3v) is 12.2. The standard InChI is InChI=1S/C50H97NO7/c1-5-9-13-17-19-25-35-45(33-23-15-11-7-3)49(53)57-41-31-21-29-39-55-47-43-51(37-27-28-38-52)44-48(47)56-40-30-22-32-42-58-50(54)46(34-24-16-12-8-4)36-26-20-18-14-10-6-2/h45-48,52H,5-44H2,1-4H3/t45?,46?,47-,48+. The lowest BCUT2D eigenvalue weighted by Crippen LogP contribution is -2.30. The van der Waals surface area contributed by atoms with Gasteiger partial charge in [0.05, 0.1) is 37.3 Å². The summed E-state index contributed by atoms with van der Waals surface area (Å²) >= 11 is 0. The van der Waals surface area contributed by atoms with Crippen molar-refractivity contribution in [3.05, 3.63) is 0 Å². The van der Waals surface area contributed by atoms with Crippen LogP contribution in [0.15, 0.2) is 0 Å². The summed E-state index contributed by atoms with van der Waals surface area (Å²) in [5.41, 5.74) is 0. The second-order valence-electron chi connectivity index (χ2n) is 17.7. The minimum absolute atomic E-state index is 0.0233. The molecule has 1 N–H and O–H groups in total. The van der Waals surface area contributed by atoms with Gasteiger partial charge in [0.1, 0.15) is 0 Å². The van der Waals surface area contributed by atoms with Crippen LogP contribution in [0.5, 0.6) is 0 Å². The maximum atomic E-state index is 13.0. The quantitative estimate of drug-likeness (QED) is 0.0479. The van der Waals surface area contributed by atoms with Gasteiger partial charge in [0.15, 0.2) is 0 Å². The highest BCUT2D eigenvalue weighted by Crippen LogP contribution is 2.23. The minimum atomic E-state index is 0.0233. The topological polar surface area (TPSA) is 94.5 Å². The summed E-state index contributed by atoms with van der Waals surface area (Å²) in [7, 11) is 0. The van der Waals surface area contributed by atoms with Crippen LogP contribution in [0, 0.1) is 11.8 Å². The minimum Gasteiger partial charge on any atom is -0.465 e. The van der Waals surface area contributed by atoms with Crippen LogP contribution in [0.25, 0.3) is 0 Å². The van der Waals surface area contributed by atoms with Crippen molar-refractivity contribution in [1.29, 1.82) is 0 Å². The second kappa shape index (κ2) is 41.1. The highest BCUT2D eigenvalue weighted by molar-refractivity contribution is 5.72. The zero-order chi connectivity index (χ0) is 42.2. The van der Waals surface area contributed by atoms with E-state index < -0.39 is 0 Å². The van der Waals surface area contributed by atoms with E-state index in [0.717, 1.165) is 122 Å². The lowest BCUT2D eigenvalue weighted by molar-refractivity contribution is -0.150. The fourth-order valence-electron chi connectivity index (χ4n) is 8.32. The number of nitrogens with zero attached hydrogens (tertiary/aromatic N) is 1. The normalized spacial score (nSPS) is 16.8. The average molecular weight is 824 g/mol. The summed E-state index contributed by atoms with van der Waals surface area (Å²) in [6, 6.07) is 0. The van der Waals surface area contributed by atoms with Gasteiger partial charge in [-0.2, -0.15) is 0 Å². The molecule has 1 fully saturated rings. The van der Waals surface area contributed by atoms with Gasteiger partial charge in [0.2, 0.25) is 0 Å². The number of carbonyl (C=O) groups is 2. The van der Waals surface area contributed by atoms with Crippen molar-refractivity contribution < 1.29 is 33.6 Å². The number of rotatable bonds is 44. The number of aliphatic hydroxyl groups is 1. The summed E-state index contributed by atoms with van der Waals surface area (Å²) in [4.78, 5) is 28.5. The fourth-order valence-corrected chi connectivity index (χ4v) is 8.32. The average Bonchev–Trinajstić information content (AvgIpc) is 3.62. The highest BCUT2D eigenvalue weighted by Gasteiger charge is 2.34. The second-order valence-corrected chi connectivity index (χ2v) is 17.7. The monoisotopic (exact) mass is 824 g/mol. The molecule has 8 nitrogen and oxygen atoms in total. The molecule has 0 spiro atoms. The fraction of sp³-hybridized carbons (Fsp3) is 0.960. The molecule has 1 saturated heterocycles. The predicted octanol–water partition coefficient (Wildman–Crippen LogP) is 12.9. The van der Waals surface area contributed by atoms with Crippen LogP contribution in [0.3, 0.4) is 0 Å². The molecule has 0 bridgehead atoms. The van der Waals surface area contributed by atoms with Crippen LogP contribution in [-0.2, 0) is 28.5 Å². The van der Waals surface area contributed by atoms with Crippen molar-refractivity contribution in [2.45, 2.75) is 245 Å². The molecule has 4 atom stereocenters. The van der Waals surface area contributed by atoms with E-state index in [1.807, 2.05) is 0 Å². The summed E-state index contributed by atoms with van der Waals surface area (Å²) in [5.74, 6) is 0.168. The van der Waals surface area contributed by atoms with Gasteiger partial charge >= 0.3 is 11.9 Å². The molecule has 1 aliphatic rings. The van der Waals surface area contributed by atoms with Crippen molar-refractivity contribution >= 4 is 11.9 Å². The van der Waals surface area contributed by atoms with Gasteiger partial charge in [-0.1, -0.05) is 156 Å². The molecule has 1 heterocycles. The van der Waals surface area contributed by atoms with Gasteiger partial charge < -0.3 is 24.1 Å². The first-order chi connectivity index (χ1) is 28.5. The van der Waals surface area contributed by atoms with Crippen molar-refractivity contribution in [2.75, 3.05) is 52.7 Å². The number of hydrogen-bond donors (Lipinski definition) is 1. The third kappa shape index (κ3) is 30.8. The Kier molecular flexibility index (Phi) is 38.9. The van der Waals surface area contributed by atoms with Crippen LogP contribution >= 0.6 is 0 Å². The zero-order valence-corrected chi connectivity index (χ0v) is 38.9. The van der Waals surface area contributed by atoms with Crippen LogP contribution in [0.4, 0.5) is 0 Å². The number of likely N-dealkylation sites (tertiary alicyclic amines) is 1. The number of carbonyl (C=O) groups excluding carboxylic acids is 2. The van der Waals surface area contributed by atoms with Crippen LogP contribution in [0.1, 0.15) is 233 Å². The zero-order valence-electron chi connectivity index (χ0n) is 38.9. The largest absolute Gasteiger partial charge is 0.465 e.